The van der Waals surface area contributed by atoms with E-state index in [0.717, 1.165) is 27.2 Å². The summed E-state index contributed by atoms with van der Waals surface area (Å²) in [4.78, 5) is 42.8. The highest BCUT2D eigenvalue weighted by Gasteiger charge is 2.11. The third-order valence-electron chi connectivity index (χ3n) is 7.55. The fourth-order valence-corrected chi connectivity index (χ4v) is 5.15. The molecule has 13 nitrogen and oxygen atoms in total. The second-order valence-corrected chi connectivity index (χ2v) is 12.1. The molecule has 0 saturated heterocycles. The van der Waals surface area contributed by atoms with Crippen LogP contribution >= 0.6 is 11.6 Å². The lowest BCUT2D eigenvalue weighted by Crippen LogP contribution is -2.36. The van der Waals surface area contributed by atoms with Crippen LogP contribution in [0.15, 0.2) is 97.1 Å². The van der Waals surface area contributed by atoms with Crippen LogP contribution in [0.2, 0.25) is 12.0 Å². The van der Waals surface area contributed by atoms with Crippen molar-refractivity contribution in [1.82, 2.24) is 24.7 Å². The van der Waals surface area contributed by atoms with E-state index in [1.54, 1.807) is 30.7 Å². The number of halogens is 1. The molecule has 6 N–H and O–H groups in total. The summed E-state index contributed by atoms with van der Waals surface area (Å²) in [6.07, 6.45) is 0. The summed E-state index contributed by atoms with van der Waals surface area (Å²) in [5.41, 5.74) is 2.79. The Labute approximate surface area is 301 Å². The highest BCUT2D eigenvalue weighted by atomic mass is 35.5. The van der Waals surface area contributed by atoms with Gasteiger partial charge in [0.15, 0.2) is 0 Å². The Hall–Kier alpha value is -5.83. The van der Waals surface area contributed by atoms with Gasteiger partial charge in [-0.05, 0) is 79.6 Å². The van der Waals surface area contributed by atoms with Crippen molar-refractivity contribution in [2.75, 3.05) is 46.7 Å². The van der Waals surface area contributed by atoms with Crippen molar-refractivity contribution in [2.45, 2.75) is 20.7 Å². The van der Waals surface area contributed by atoms with Crippen molar-refractivity contribution in [2.24, 2.45) is 0 Å². The lowest BCUT2D eigenvalue weighted by molar-refractivity contribution is 0.261. The number of aromatic nitrogens is 4. The molecule has 15 heteroatoms. The molecule has 4 amide bonds. The van der Waals surface area contributed by atoms with Crippen molar-refractivity contribution in [3.63, 3.8) is 0 Å². The van der Waals surface area contributed by atoms with Crippen LogP contribution in [0.5, 0.6) is 0 Å². The number of hydrogen-bond donors (Lipinski definition) is 6. The molecule has 0 radical (unpaired) electrons. The minimum Gasteiger partial charge on any atom is -0.437 e. The van der Waals surface area contributed by atoms with E-state index in [1.807, 2.05) is 98.9 Å². The number of amides is 4. The number of fused-ring (bicyclic) bond motifs is 2. The van der Waals surface area contributed by atoms with Crippen LogP contribution in [0.25, 0.3) is 21.5 Å². The second kappa shape index (κ2) is 17.2. The van der Waals surface area contributed by atoms with Crippen LogP contribution < -0.4 is 26.6 Å². The molecule has 4 aromatic carbocycles. The number of benzene rings is 4. The molecule has 0 atom stereocenters. The van der Waals surface area contributed by atoms with Gasteiger partial charge in [-0.15, -0.1) is 0 Å². The van der Waals surface area contributed by atoms with Crippen molar-refractivity contribution < 1.29 is 14.6 Å². The van der Waals surface area contributed by atoms with E-state index in [0.29, 0.717) is 36.0 Å². The van der Waals surface area contributed by atoms with E-state index in [9.17, 15) is 14.6 Å². The molecular formula is C36H38BClN10O3. The van der Waals surface area contributed by atoms with Crippen molar-refractivity contribution in [1.29, 1.82) is 0 Å². The van der Waals surface area contributed by atoms with Crippen LogP contribution in [0.4, 0.5) is 38.7 Å². The van der Waals surface area contributed by atoms with Gasteiger partial charge in [0.2, 0.25) is 11.9 Å². The van der Waals surface area contributed by atoms with Crippen LogP contribution in [0, 0.1) is 13.8 Å². The Morgan fingerprint density at radius 2 is 1.18 bits per heavy atom. The summed E-state index contributed by atoms with van der Waals surface area (Å²) >= 11 is 5.84. The van der Waals surface area contributed by atoms with Crippen molar-refractivity contribution in [3.8, 4) is 0 Å². The summed E-state index contributed by atoms with van der Waals surface area (Å²) < 4.78 is 0. The van der Waals surface area contributed by atoms with E-state index in [4.69, 9.17) is 11.6 Å². The van der Waals surface area contributed by atoms with Gasteiger partial charge in [0.25, 0.3) is 0 Å². The van der Waals surface area contributed by atoms with E-state index >= 15 is 0 Å². The van der Waals surface area contributed by atoms with Gasteiger partial charge in [0.1, 0.15) is 11.0 Å². The smallest absolute Gasteiger partial charge is 0.376 e. The summed E-state index contributed by atoms with van der Waals surface area (Å²) in [6, 6.07) is 29.9. The second-order valence-electron chi connectivity index (χ2n) is 11.7. The number of carbonyl (C=O) groups excluding carboxylic acids is 2. The highest BCUT2D eigenvalue weighted by molar-refractivity contribution is 6.45. The SMILES string of the molecule is CB(O)N(C)CCNc1cc(C)nc(NC(=O)Nc2ccc3ccccc3c2)n1.Cc1cc(Cl)nc(NC(=O)Nc2ccc3ccccc3c2)n1. The first-order valence-electron chi connectivity index (χ1n) is 16.1. The first kappa shape index (κ1) is 36.5. The average Bonchev–Trinajstić information content (AvgIpc) is 3.07. The first-order chi connectivity index (χ1) is 24.5. The number of nitrogens with one attached hydrogen (secondary N) is 5. The van der Waals surface area contributed by atoms with Crippen molar-refractivity contribution in [3.05, 3.63) is 114 Å². The molecule has 0 unspecified atom stereocenters. The molecule has 260 valence electrons. The molecule has 6 aromatic rings. The van der Waals surface area contributed by atoms with Gasteiger partial charge in [-0.1, -0.05) is 72.3 Å². The number of likely N-dealkylation sites (N-methyl/N-ethyl adjacent to an activating group) is 1. The Morgan fingerprint density at radius 1 is 0.686 bits per heavy atom. The van der Waals surface area contributed by atoms with Gasteiger partial charge < -0.3 is 25.8 Å². The highest BCUT2D eigenvalue weighted by Crippen LogP contribution is 2.20. The normalized spacial score (nSPS) is 10.6. The minimum atomic E-state index is -0.514. The Kier molecular flexibility index (Phi) is 12.3. The topological polar surface area (TPSA) is 169 Å². The molecule has 0 aliphatic heterocycles. The standard InChI is InChI=1S/C20H25BN6O2.C16H13ClN4O/c1-14-12-18(22-10-11-27(3)21(2)29)25-19(23-14)26-20(28)24-17-9-8-15-6-4-5-7-16(15)13-17;1-10-8-14(17)20-15(18-10)21-16(22)19-13-7-6-11-4-2-3-5-12(11)9-13/h4-9,12-13,29H,10-11H2,1-3H3,(H3,22,23,24,25,26,28);2-9H,1H3,(H2,18,19,20,21,22). The summed E-state index contributed by atoms with van der Waals surface area (Å²) in [6.45, 7) is 6.57. The third-order valence-corrected chi connectivity index (χ3v) is 7.74. The Bertz CT molecular complexity index is 2130. The molecule has 0 fully saturated rings. The Balaban J connectivity index is 0.000000205. The largest absolute Gasteiger partial charge is 0.437 e. The zero-order valence-electron chi connectivity index (χ0n) is 28.6. The zero-order chi connectivity index (χ0) is 36.3. The predicted molar refractivity (Wildman–Crippen MR) is 207 cm³/mol. The maximum Gasteiger partial charge on any atom is 0.376 e. The molecular weight excluding hydrogens is 667 g/mol. The maximum atomic E-state index is 12.4. The van der Waals surface area contributed by atoms with E-state index in [1.165, 1.54) is 0 Å². The fraction of sp³-hybridized carbons (Fsp3) is 0.167. The number of aryl methyl sites for hydroxylation is 2. The molecule has 0 aliphatic carbocycles. The summed E-state index contributed by atoms with van der Waals surface area (Å²) in [5.74, 6) is 0.996. The Morgan fingerprint density at radius 3 is 1.69 bits per heavy atom. The monoisotopic (exact) mass is 704 g/mol. The number of carbonyl (C=O) groups is 2. The summed E-state index contributed by atoms with van der Waals surface area (Å²) in [5, 5.41) is 28.1. The van der Waals surface area contributed by atoms with Gasteiger partial charge in [-0.25, -0.2) is 24.5 Å². The van der Waals surface area contributed by atoms with E-state index in [2.05, 4.69) is 46.5 Å². The summed E-state index contributed by atoms with van der Waals surface area (Å²) in [7, 11) is 1.32. The minimum absolute atomic E-state index is 0.170. The van der Waals surface area contributed by atoms with Crippen LogP contribution in [-0.2, 0) is 0 Å². The van der Waals surface area contributed by atoms with Crippen LogP contribution in [0.1, 0.15) is 11.4 Å². The van der Waals surface area contributed by atoms with E-state index in [-0.39, 0.29) is 17.0 Å². The fourth-order valence-electron chi connectivity index (χ4n) is 4.91. The third kappa shape index (κ3) is 11.1. The van der Waals surface area contributed by atoms with Crippen LogP contribution in [0.3, 0.4) is 0 Å². The molecule has 0 aliphatic rings. The number of urea groups is 2. The van der Waals surface area contributed by atoms with Gasteiger partial charge in [-0.2, -0.15) is 4.98 Å². The lowest BCUT2D eigenvalue weighted by Gasteiger charge is -2.17. The predicted octanol–water partition coefficient (Wildman–Crippen LogP) is 7.27. The average molecular weight is 705 g/mol. The maximum absolute atomic E-state index is 12.4. The number of hydrogen-bond acceptors (Lipinski definition) is 9. The van der Waals surface area contributed by atoms with Gasteiger partial charge in [0, 0.05) is 41.9 Å². The van der Waals surface area contributed by atoms with E-state index < -0.39 is 19.1 Å². The first-order valence-corrected chi connectivity index (χ1v) is 16.5. The van der Waals surface area contributed by atoms with Crippen LogP contribution in [-0.4, -0.2) is 69.0 Å². The quantitative estimate of drug-likeness (QED) is 0.0669. The molecule has 2 heterocycles. The van der Waals surface area contributed by atoms with Crippen molar-refractivity contribution >= 4 is 81.3 Å². The molecule has 0 saturated carbocycles. The van der Waals surface area contributed by atoms with Gasteiger partial charge in [-0.3, -0.25) is 10.6 Å². The molecule has 6 rings (SSSR count). The molecule has 0 bridgehead atoms. The number of anilines is 5. The number of rotatable bonds is 9. The zero-order valence-corrected chi connectivity index (χ0v) is 29.4. The molecule has 0 spiro atoms. The van der Waals surface area contributed by atoms with Gasteiger partial charge >= 0.3 is 19.1 Å². The number of nitrogens with zero attached hydrogens (tertiary/aromatic N) is 5. The lowest BCUT2D eigenvalue weighted by atomic mass is 9.86. The van der Waals surface area contributed by atoms with Gasteiger partial charge in [0.05, 0.1) is 0 Å². The molecule has 2 aromatic heterocycles. The molecule has 51 heavy (non-hydrogen) atoms.